The van der Waals surface area contributed by atoms with Crippen molar-refractivity contribution in [1.29, 1.82) is 0 Å². The average molecular weight is 571 g/mol. The third kappa shape index (κ3) is 9.55. The first-order chi connectivity index (χ1) is 20.6. The van der Waals surface area contributed by atoms with Crippen LogP contribution in [0, 0.1) is 5.92 Å². The highest BCUT2D eigenvalue weighted by Gasteiger charge is 2.26. The molecule has 1 aliphatic rings. The van der Waals surface area contributed by atoms with Crippen molar-refractivity contribution in [3.8, 4) is 16.9 Å². The quantitative estimate of drug-likeness (QED) is 0.0745. The summed E-state index contributed by atoms with van der Waals surface area (Å²) in [6.07, 6.45) is 13.9. The maximum atomic E-state index is 12.9. The highest BCUT2D eigenvalue weighted by atomic mass is 16.7. The number of carbonyl (C=O) groups excluding carboxylic acids is 2. The molecule has 42 heavy (non-hydrogen) atoms. The third-order valence-electron chi connectivity index (χ3n) is 8.17. The van der Waals surface area contributed by atoms with Gasteiger partial charge in [0.2, 0.25) is 0 Å². The number of hydrogen-bond acceptors (Lipinski definition) is 5. The van der Waals surface area contributed by atoms with Gasteiger partial charge < -0.3 is 14.2 Å². The summed E-state index contributed by atoms with van der Waals surface area (Å²) in [5, 5.41) is 0. The molecule has 0 saturated heterocycles. The molecule has 0 heterocycles. The van der Waals surface area contributed by atoms with E-state index in [0.717, 1.165) is 35.1 Å². The number of hydrogen-bond donors (Lipinski definition) is 0. The Labute approximate surface area is 251 Å². The fourth-order valence-electron chi connectivity index (χ4n) is 5.59. The van der Waals surface area contributed by atoms with Gasteiger partial charge in [0.05, 0.1) is 11.5 Å². The summed E-state index contributed by atoms with van der Waals surface area (Å²) in [5.74, 6) is -0.249. The Bertz CT molecular complexity index is 1260. The molecule has 0 bridgehead atoms. The lowest BCUT2D eigenvalue weighted by Gasteiger charge is -2.23. The zero-order valence-corrected chi connectivity index (χ0v) is 25.4. The molecule has 0 aliphatic heterocycles. The van der Waals surface area contributed by atoms with E-state index in [1.165, 1.54) is 56.9 Å². The molecule has 0 aromatic heterocycles. The summed E-state index contributed by atoms with van der Waals surface area (Å²) in [6.45, 7) is 4.64. The summed E-state index contributed by atoms with van der Waals surface area (Å²) in [7, 11) is 0. The van der Waals surface area contributed by atoms with Crippen LogP contribution in [0.15, 0.2) is 66.7 Å². The minimum atomic E-state index is -0.379. The van der Waals surface area contributed by atoms with E-state index in [-0.39, 0.29) is 24.6 Å². The van der Waals surface area contributed by atoms with E-state index in [1.54, 1.807) is 6.07 Å². The molecule has 0 spiro atoms. The lowest BCUT2D eigenvalue weighted by Crippen LogP contribution is -2.25. The zero-order valence-electron chi connectivity index (χ0n) is 25.4. The lowest BCUT2D eigenvalue weighted by atomic mass is 9.84. The van der Waals surface area contributed by atoms with Gasteiger partial charge in [-0.15, -0.1) is 0 Å². The Hall–Kier alpha value is -3.44. The van der Waals surface area contributed by atoms with Gasteiger partial charge in [-0.1, -0.05) is 94.3 Å². The van der Waals surface area contributed by atoms with Gasteiger partial charge in [0, 0.05) is 6.61 Å². The first kappa shape index (κ1) is 31.5. The summed E-state index contributed by atoms with van der Waals surface area (Å²) in [6, 6.07) is 22.0. The van der Waals surface area contributed by atoms with Crippen LogP contribution in [0.2, 0.25) is 0 Å². The van der Waals surface area contributed by atoms with Gasteiger partial charge in [0.15, 0.2) is 6.79 Å². The molecule has 1 unspecified atom stereocenters. The minimum Gasteiger partial charge on any atom is -0.438 e. The molecular formula is C37H46O5. The predicted octanol–water partition coefficient (Wildman–Crippen LogP) is 8.90. The molecule has 4 rings (SSSR count). The molecule has 5 nitrogen and oxygen atoms in total. The molecule has 3 aromatic rings. The van der Waals surface area contributed by atoms with Crippen molar-refractivity contribution in [3.63, 3.8) is 0 Å². The predicted molar refractivity (Wildman–Crippen MR) is 168 cm³/mol. The van der Waals surface area contributed by atoms with E-state index < -0.39 is 0 Å². The largest absolute Gasteiger partial charge is 0.438 e. The molecule has 5 heteroatoms. The van der Waals surface area contributed by atoms with Gasteiger partial charge in [-0.25, -0.2) is 4.79 Å². The molecular weight excluding hydrogens is 524 g/mol. The van der Waals surface area contributed by atoms with Crippen molar-refractivity contribution in [2.45, 2.75) is 90.9 Å². The number of aryl methyl sites for hydroxylation is 2. The maximum Gasteiger partial charge on any atom is 0.343 e. The summed E-state index contributed by atoms with van der Waals surface area (Å²) in [5.41, 5.74) is 6.31. The van der Waals surface area contributed by atoms with Crippen LogP contribution in [0.5, 0.6) is 5.75 Å². The van der Waals surface area contributed by atoms with Crippen LogP contribution in [0.4, 0.5) is 0 Å². The second-order valence-electron chi connectivity index (χ2n) is 11.3. The van der Waals surface area contributed by atoms with Crippen molar-refractivity contribution in [2.75, 3.05) is 13.4 Å². The molecule has 0 radical (unpaired) electrons. The van der Waals surface area contributed by atoms with Gasteiger partial charge in [-0.2, -0.15) is 0 Å². The first-order valence-electron chi connectivity index (χ1n) is 15.8. The van der Waals surface area contributed by atoms with Crippen LogP contribution in [0.25, 0.3) is 11.1 Å². The summed E-state index contributed by atoms with van der Waals surface area (Å²) < 4.78 is 16.0. The zero-order chi connectivity index (χ0) is 29.6. The molecule has 1 aliphatic carbocycles. The second kappa shape index (κ2) is 16.9. The first-order valence-corrected chi connectivity index (χ1v) is 15.8. The smallest absolute Gasteiger partial charge is 0.343 e. The van der Waals surface area contributed by atoms with Crippen LogP contribution in [0.1, 0.15) is 98.7 Å². The van der Waals surface area contributed by atoms with Crippen molar-refractivity contribution < 1.29 is 23.8 Å². The molecule has 0 N–H and O–H groups in total. The molecule has 224 valence electrons. The highest BCUT2D eigenvalue weighted by Crippen LogP contribution is 2.30. The van der Waals surface area contributed by atoms with E-state index in [4.69, 9.17) is 14.2 Å². The van der Waals surface area contributed by atoms with Crippen molar-refractivity contribution in [2.24, 2.45) is 5.92 Å². The Kier molecular flexibility index (Phi) is 12.6. The van der Waals surface area contributed by atoms with Gasteiger partial charge in [-0.05, 0) is 91.1 Å². The Morgan fingerprint density at radius 2 is 1.43 bits per heavy atom. The fraction of sp³-hybridized carbons (Fsp3) is 0.459. The van der Waals surface area contributed by atoms with Crippen LogP contribution >= 0.6 is 0 Å². The Balaban J connectivity index is 1.23. The minimum absolute atomic E-state index is 0.000237. The molecule has 0 saturated carbocycles. The summed E-state index contributed by atoms with van der Waals surface area (Å²) >= 11 is 0. The topological polar surface area (TPSA) is 61.8 Å². The Morgan fingerprint density at radius 1 is 0.762 bits per heavy atom. The number of fused-ring (bicyclic) bond motifs is 1. The number of esters is 2. The third-order valence-corrected chi connectivity index (χ3v) is 8.17. The fourth-order valence-corrected chi connectivity index (χ4v) is 5.59. The standard InChI is InChI=1S/C37H46O5/c1-3-5-6-7-8-9-10-11-12-28-13-15-29(16-14-28)30-17-19-31(20-18-30)37(39)42-35-24-23-32-25-34(22-21-33(32)26-35)36(38)41-27-40-4-2/h13-20,23-24,26,34H,3-12,21-22,25,27H2,1-2H3. The maximum absolute atomic E-state index is 12.9. The van der Waals surface area contributed by atoms with Crippen molar-refractivity contribution >= 4 is 11.9 Å². The monoisotopic (exact) mass is 570 g/mol. The highest BCUT2D eigenvalue weighted by molar-refractivity contribution is 5.91. The lowest BCUT2D eigenvalue weighted by molar-refractivity contribution is -0.161. The van der Waals surface area contributed by atoms with E-state index >= 15 is 0 Å². The van der Waals surface area contributed by atoms with Crippen LogP contribution in [0.3, 0.4) is 0 Å². The Morgan fingerprint density at radius 3 is 2.12 bits per heavy atom. The molecule has 0 fully saturated rings. The van der Waals surface area contributed by atoms with E-state index in [9.17, 15) is 9.59 Å². The number of benzene rings is 3. The SMILES string of the molecule is CCCCCCCCCCc1ccc(-c2ccc(C(=O)Oc3ccc4c(c3)CCC(C(=O)OCOCC)C4)cc2)cc1. The number of rotatable bonds is 16. The number of unbranched alkanes of at least 4 members (excludes halogenated alkanes) is 7. The average Bonchev–Trinajstić information content (AvgIpc) is 3.02. The number of carbonyl (C=O) groups is 2. The molecule has 0 amide bonds. The second-order valence-corrected chi connectivity index (χ2v) is 11.3. The summed E-state index contributed by atoms with van der Waals surface area (Å²) in [4.78, 5) is 25.2. The normalized spacial score (nSPS) is 14.3. The molecule has 1 atom stereocenters. The van der Waals surface area contributed by atoms with Crippen LogP contribution in [-0.2, 0) is 33.5 Å². The van der Waals surface area contributed by atoms with Gasteiger partial charge in [0.1, 0.15) is 5.75 Å². The van der Waals surface area contributed by atoms with E-state index in [0.29, 0.717) is 30.8 Å². The van der Waals surface area contributed by atoms with Crippen molar-refractivity contribution in [1.82, 2.24) is 0 Å². The number of ether oxygens (including phenoxy) is 3. The van der Waals surface area contributed by atoms with Crippen LogP contribution < -0.4 is 4.74 Å². The van der Waals surface area contributed by atoms with Gasteiger partial charge in [-0.3, -0.25) is 4.79 Å². The van der Waals surface area contributed by atoms with Crippen molar-refractivity contribution in [3.05, 3.63) is 89.0 Å². The van der Waals surface area contributed by atoms with Crippen LogP contribution in [-0.4, -0.2) is 25.3 Å². The van der Waals surface area contributed by atoms with E-state index in [1.807, 2.05) is 43.3 Å². The van der Waals surface area contributed by atoms with Gasteiger partial charge >= 0.3 is 11.9 Å². The molecule has 3 aromatic carbocycles. The van der Waals surface area contributed by atoms with E-state index in [2.05, 4.69) is 31.2 Å². The van der Waals surface area contributed by atoms with Gasteiger partial charge in [0.25, 0.3) is 0 Å².